The molecule has 0 bridgehead atoms. The maximum absolute atomic E-state index is 5.67. The van der Waals surface area contributed by atoms with Crippen molar-refractivity contribution < 1.29 is 9.47 Å². The second kappa shape index (κ2) is 5.21. The quantitative estimate of drug-likeness (QED) is 0.796. The Kier molecular flexibility index (Phi) is 3.67. The van der Waals surface area contributed by atoms with Crippen LogP contribution in [0.15, 0.2) is 29.3 Å². The first-order chi connectivity index (χ1) is 8.24. The van der Waals surface area contributed by atoms with Crippen molar-refractivity contribution in [2.75, 3.05) is 7.11 Å². The van der Waals surface area contributed by atoms with Crippen molar-refractivity contribution in [1.82, 2.24) is 0 Å². The van der Waals surface area contributed by atoms with E-state index in [1.165, 1.54) is 0 Å². The van der Waals surface area contributed by atoms with Gasteiger partial charge in [-0.3, -0.25) is 0 Å². The van der Waals surface area contributed by atoms with Gasteiger partial charge in [-0.15, -0.1) is 0 Å². The minimum atomic E-state index is 0.358. The van der Waals surface area contributed by atoms with Gasteiger partial charge in [0.25, 0.3) is 0 Å². The molecule has 0 N–H and O–H groups in total. The molecule has 3 nitrogen and oxygen atoms in total. The molecule has 1 aliphatic heterocycles. The van der Waals surface area contributed by atoms with Crippen molar-refractivity contribution in [3.8, 4) is 5.75 Å². The van der Waals surface area contributed by atoms with E-state index in [4.69, 9.17) is 9.47 Å². The fourth-order valence-corrected chi connectivity index (χ4v) is 1.96. The summed E-state index contributed by atoms with van der Waals surface area (Å²) >= 11 is 0. The molecule has 1 aliphatic rings. The van der Waals surface area contributed by atoms with Crippen LogP contribution in [-0.2, 0) is 4.74 Å². The molecule has 0 aliphatic carbocycles. The first-order valence-corrected chi connectivity index (χ1v) is 6.14. The molecule has 1 aromatic carbocycles. The van der Waals surface area contributed by atoms with Crippen molar-refractivity contribution in [2.24, 2.45) is 10.9 Å². The zero-order chi connectivity index (χ0) is 12.3. The molecule has 0 saturated carbocycles. The number of nitrogens with zero attached hydrogens (tertiary/aromatic N) is 1. The second-order valence-corrected chi connectivity index (χ2v) is 4.38. The van der Waals surface area contributed by atoms with E-state index >= 15 is 0 Å². The summed E-state index contributed by atoms with van der Waals surface area (Å²) in [7, 11) is 1.66. The normalized spacial score (nSPS) is 25.2. The molecule has 0 aromatic heterocycles. The Morgan fingerprint density at radius 1 is 1.29 bits per heavy atom. The first kappa shape index (κ1) is 12.0. The fraction of sp³-hybridized carbons (Fsp3) is 0.500. The Morgan fingerprint density at radius 2 is 2.00 bits per heavy atom. The molecule has 1 heterocycles. The van der Waals surface area contributed by atoms with Gasteiger partial charge in [-0.2, -0.15) is 0 Å². The highest BCUT2D eigenvalue weighted by atomic mass is 16.5. The zero-order valence-corrected chi connectivity index (χ0v) is 10.6. The molecule has 0 spiro atoms. The monoisotopic (exact) mass is 233 g/mol. The molecule has 2 rings (SSSR count). The number of rotatable bonds is 4. The number of hydrogen-bond acceptors (Lipinski definition) is 3. The van der Waals surface area contributed by atoms with Crippen LogP contribution < -0.4 is 4.74 Å². The van der Waals surface area contributed by atoms with E-state index in [1.54, 1.807) is 7.11 Å². The topological polar surface area (TPSA) is 30.8 Å². The van der Waals surface area contributed by atoms with Gasteiger partial charge in [0, 0.05) is 0 Å². The summed E-state index contributed by atoms with van der Waals surface area (Å²) in [6.45, 7) is 4.35. The molecule has 17 heavy (non-hydrogen) atoms. The third kappa shape index (κ3) is 2.60. The lowest BCUT2D eigenvalue weighted by molar-refractivity contribution is 0.0587. The molecule has 92 valence electrons. The maximum Gasteiger partial charge on any atom is 0.195 e. The fourth-order valence-electron chi connectivity index (χ4n) is 1.96. The van der Waals surface area contributed by atoms with Crippen LogP contribution in [0.25, 0.3) is 0 Å². The lowest BCUT2D eigenvalue weighted by atomic mass is 9.95. The number of ether oxygens (including phenoxy) is 2. The van der Waals surface area contributed by atoms with Crippen LogP contribution in [0.1, 0.15) is 26.7 Å². The van der Waals surface area contributed by atoms with E-state index in [9.17, 15) is 0 Å². The van der Waals surface area contributed by atoms with E-state index in [0.29, 0.717) is 12.0 Å². The molecule has 0 amide bonds. The van der Waals surface area contributed by atoms with E-state index in [-0.39, 0.29) is 0 Å². The van der Waals surface area contributed by atoms with Crippen LogP contribution in [0.2, 0.25) is 0 Å². The standard InChI is InChI=1S/C14H19NO2/c1-4-5-13-10(2)14(17-13)15-11-6-8-12(16-3)9-7-11/h6-10,13H,4-5H2,1-3H3/t10-,13-/m1/s1. The van der Waals surface area contributed by atoms with Crippen LogP contribution in [0, 0.1) is 5.92 Å². The largest absolute Gasteiger partial charge is 0.497 e. The average molecular weight is 233 g/mol. The molecule has 1 fully saturated rings. The molecule has 1 aromatic rings. The van der Waals surface area contributed by atoms with E-state index < -0.39 is 0 Å². The summed E-state index contributed by atoms with van der Waals surface area (Å²) < 4.78 is 10.8. The van der Waals surface area contributed by atoms with Crippen LogP contribution in [0.3, 0.4) is 0 Å². The number of hydrogen-bond donors (Lipinski definition) is 0. The lowest BCUT2D eigenvalue weighted by Gasteiger charge is -2.36. The van der Waals surface area contributed by atoms with Gasteiger partial charge >= 0.3 is 0 Å². The summed E-state index contributed by atoms with van der Waals surface area (Å²) in [5.74, 6) is 2.14. The minimum Gasteiger partial charge on any atom is -0.497 e. The van der Waals surface area contributed by atoms with Gasteiger partial charge in [-0.25, -0.2) is 4.99 Å². The predicted octanol–water partition coefficient (Wildman–Crippen LogP) is 3.56. The second-order valence-electron chi connectivity index (χ2n) is 4.38. The molecule has 2 atom stereocenters. The van der Waals surface area contributed by atoms with E-state index in [1.807, 2.05) is 24.3 Å². The van der Waals surface area contributed by atoms with Gasteiger partial charge in [0.1, 0.15) is 11.9 Å². The SMILES string of the molecule is CCC[C@H]1OC(=Nc2ccc(OC)cc2)[C@@H]1C. The highest BCUT2D eigenvalue weighted by Gasteiger charge is 2.35. The number of methoxy groups -OCH3 is 1. The van der Waals surface area contributed by atoms with Gasteiger partial charge in [-0.1, -0.05) is 20.3 Å². The Labute approximate surface area is 102 Å². The highest BCUT2D eigenvalue weighted by Crippen LogP contribution is 2.29. The van der Waals surface area contributed by atoms with Crippen molar-refractivity contribution in [1.29, 1.82) is 0 Å². The average Bonchev–Trinajstić information content (AvgIpc) is 2.38. The van der Waals surface area contributed by atoms with Gasteiger partial charge in [0.2, 0.25) is 0 Å². The van der Waals surface area contributed by atoms with Crippen LogP contribution >= 0.6 is 0 Å². The van der Waals surface area contributed by atoms with Crippen LogP contribution in [0.4, 0.5) is 5.69 Å². The van der Waals surface area contributed by atoms with Crippen molar-refractivity contribution in [2.45, 2.75) is 32.8 Å². The summed E-state index contributed by atoms with van der Waals surface area (Å²) in [6, 6.07) is 7.70. The smallest absolute Gasteiger partial charge is 0.195 e. The van der Waals surface area contributed by atoms with Crippen molar-refractivity contribution in [3.05, 3.63) is 24.3 Å². The molecule has 0 radical (unpaired) electrons. The van der Waals surface area contributed by atoms with Crippen LogP contribution in [0.5, 0.6) is 5.75 Å². The summed E-state index contributed by atoms with van der Waals surface area (Å²) in [5.41, 5.74) is 0.919. The lowest BCUT2D eigenvalue weighted by Crippen LogP contribution is -2.43. The Morgan fingerprint density at radius 3 is 2.53 bits per heavy atom. The molecule has 0 unspecified atom stereocenters. The van der Waals surface area contributed by atoms with Gasteiger partial charge in [-0.05, 0) is 30.7 Å². The number of aliphatic imine (C=N–C) groups is 1. The third-order valence-electron chi connectivity index (χ3n) is 3.10. The zero-order valence-electron chi connectivity index (χ0n) is 10.6. The Bertz CT molecular complexity index is 397. The Balaban J connectivity index is 2.00. The molecular formula is C14H19NO2. The van der Waals surface area contributed by atoms with Crippen molar-refractivity contribution >= 4 is 11.6 Å². The highest BCUT2D eigenvalue weighted by molar-refractivity contribution is 5.86. The van der Waals surface area contributed by atoms with E-state index in [2.05, 4.69) is 18.8 Å². The summed E-state index contributed by atoms with van der Waals surface area (Å²) in [6.07, 6.45) is 2.63. The summed E-state index contributed by atoms with van der Waals surface area (Å²) in [4.78, 5) is 4.49. The van der Waals surface area contributed by atoms with Crippen molar-refractivity contribution in [3.63, 3.8) is 0 Å². The Hall–Kier alpha value is -1.51. The van der Waals surface area contributed by atoms with E-state index in [0.717, 1.165) is 30.2 Å². The molecule has 3 heteroatoms. The number of benzene rings is 1. The van der Waals surface area contributed by atoms with Gasteiger partial charge < -0.3 is 9.47 Å². The molecular weight excluding hydrogens is 214 g/mol. The minimum absolute atomic E-state index is 0.358. The van der Waals surface area contributed by atoms with Gasteiger partial charge in [0.15, 0.2) is 5.90 Å². The maximum atomic E-state index is 5.67. The first-order valence-electron chi connectivity index (χ1n) is 6.14. The summed E-state index contributed by atoms with van der Waals surface area (Å²) in [5, 5.41) is 0. The predicted molar refractivity (Wildman–Crippen MR) is 69.0 cm³/mol. The third-order valence-corrected chi connectivity index (χ3v) is 3.10. The van der Waals surface area contributed by atoms with Crippen LogP contribution in [-0.4, -0.2) is 19.1 Å². The molecule has 1 saturated heterocycles. The van der Waals surface area contributed by atoms with Gasteiger partial charge in [0.05, 0.1) is 18.7 Å².